The number of thiophene rings is 1. The molecule has 0 bridgehead atoms. The molecule has 156 valence electrons. The molecule has 2 aromatic heterocycles. The monoisotopic (exact) mass is 460 g/mol. The van der Waals surface area contributed by atoms with Gasteiger partial charge in [0.05, 0.1) is 16.0 Å². The highest BCUT2D eigenvalue weighted by Gasteiger charge is 2.27. The number of amides is 1. The Bertz CT molecular complexity index is 1150. The fourth-order valence-corrected chi connectivity index (χ4v) is 6.12. The second-order valence-electron chi connectivity index (χ2n) is 6.64. The van der Waals surface area contributed by atoms with E-state index in [1.807, 2.05) is 41.8 Å². The van der Waals surface area contributed by atoms with E-state index in [4.69, 9.17) is 0 Å². The minimum atomic E-state index is -3.51. The van der Waals surface area contributed by atoms with Gasteiger partial charge in [0.2, 0.25) is 15.9 Å². The van der Waals surface area contributed by atoms with E-state index in [1.165, 1.54) is 27.8 Å². The normalized spacial score (nSPS) is 15.8. The van der Waals surface area contributed by atoms with Crippen molar-refractivity contribution in [3.8, 4) is 0 Å². The Hall–Kier alpha value is -2.27. The molecule has 3 aromatic rings. The molecule has 1 saturated heterocycles. The van der Waals surface area contributed by atoms with E-state index in [-0.39, 0.29) is 11.7 Å². The molecule has 1 aliphatic heterocycles. The fraction of sp³-hybridized carbons (Fsp3) is 0.250. The van der Waals surface area contributed by atoms with Gasteiger partial charge in [0.25, 0.3) is 0 Å². The number of fused-ring (bicyclic) bond motifs is 1. The minimum absolute atomic E-state index is 0.0137. The van der Waals surface area contributed by atoms with Gasteiger partial charge in [-0.25, -0.2) is 18.4 Å². The summed E-state index contributed by atoms with van der Waals surface area (Å²) in [4.78, 5) is 22.8. The summed E-state index contributed by atoms with van der Waals surface area (Å²) in [6, 6.07) is 11.2. The molecule has 1 aliphatic rings. The summed E-state index contributed by atoms with van der Waals surface area (Å²) in [5.41, 5.74) is 1.71. The van der Waals surface area contributed by atoms with Crippen molar-refractivity contribution in [2.24, 2.45) is 0 Å². The van der Waals surface area contributed by atoms with Gasteiger partial charge >= 0.3 is 0 Å². The molecule has 7 nitrogen and oxygen atoms in total. The molecular formula is C20H20N4O3S3. The summed E-state index contributed by atoms with van der Waals surface area (Å²) >= 11 is 2.95. The Labute approximate surface area is 183 Å². The van der Waals surface area contributed by atoms with Crippen molar-refractivity contribution in [3.63, 3.8) is 0 Å². The maximum absolute atomic E-state index is 12.6. The molecule has 10 heteroatoms. The Kier molecular flexibility index (Phi) is 6.47. The van der Waals surface area contributed by atoms with Crippen LogP contribution in [0.25, 0.3) is 16.3 Å². The van der Waals surface area contributed by atoms with Gasteiger partial charge in [-0.3, -0.25) is 4.79 Å². The predicted molar refractivity (Wildman–Crippen MR) is 121 cm³/mol. The van der Waals surface area contributed by atoms with Crippen molar-refractivity contribution in [1.82, 2.24) is 19.2 Å². The molecule has 0 unspecified atom stereocenters. The highest BCUT2D eigenvalue weighted by molar-refractivity contribution is 8.00. The van der Waals surface area contributed by atoms with Crippen molar-refractivity contribution in [3.05, 3.63) is 59.1 Å². The number of thioether (sulfide) groups is 1. The van der Waals surface area contributed by atoms with E-state index in [0.717, 1.165) is 20.8 Å². The van der Waals surface area contributed by atoms with Crippen LogP contribution in [-0.4, -0.2) is 65.4 Å². The van der Waals surface area contributed by atoms with Crippen LogP contribution >= 0.6 is 23.1 Å². The first-order valence-electron chi connectivity index (χ1n) is 9.35. The number of carbonyl (C=O) groups is 1. The van der Waals surface area contributed by atoms with Crippen LogP contribution in [-0.2, 0) is 14.8 Å². The average Bonchev–Trinajstić information content (AvgIpc) is 3.26. The SMILES string of the molecule is O=C(CSc1ncnc2ccsc12)N1CCN(S(=O)(=O)/C=C/c2ccccc2)CC1. The predicted octanol–water partition coefficient (Wildman–Crippen LogP) is 2.93. The van der Waals surface area contributed by atoms with Crippen molar-refractivity contribution in [2.45, 2.75) is 5.03 Å². The highest BCUT2D eigenvalue weighted by Crippen LogP contribution is 2.28. The number of carbonyl (C=O) groups excluding carboxylic acids is 1. The number of benzene rings is 1. The summed E-state index contributed by atoms with van der Waals surface area (Å²) in [6.07, 6.45) is 3.10. The molecule has 0 atom stereocenters. The number of rotatable bonds is 6. The van der Waals surface area contributed by atoms with Crippen LogP contribution in [0.1, 0.15) is 5.56 Å². The van der Waals surface area contributed by atoms with Crippen LogP contribution < -0.4 is 0 Å². The molecular weight excluding hydrogens is 440 g/mol. The van der Waals surface area contributed by atoms with Crippen LogP contribution in [0.5, 0.6) is 0 Å². The molecule has 0 saturated carbocycles. The van der Waals surface area contributed by atoms with Crippen molar-refractivity contribution in [1.29, 1.82) is 0 Å². The first-order valence-corrected chi connectivity index (χ1v) is 12.7. The third kappa shape index (κ3) is 4.89. The van der Waals surface area contributed by atoms with Crippen LogP contribution in [0, 0.1) is 0 Å². The second-order valence-corrected chi connectivity index (χ2v) is 10.3. The zero-order valence-corrected chi connectivity index (χ0v) is 18.5. The standard InChI is InChI=1S/C20H20N4O3S3/c25-18(14-29-20-19-17(6-12-28-19)21-15-22-20)23-8-10-24(11-9-23)30(26,27)13-7-16-4-2-1-3-5-16/h1-7,12-13,15H,8-11,14H2/b13-7+. The van der Waals surface area contributed by atoms with Gasteiger partial charge in [0.1, 0.15) is 11.4 Å². The van der Waals surface area contributed by atoms with Crippen molar-refractivity contribution in [2.75, 3.05) is 31.9 Å². The molecule has 1 fully saturated rings. The molecule has 3 heterocycles. The Morgan fingerprint density at radius 1 is 1.10 bits per heavy atom. The van der Waals surface area contributed by atoms with E-state index in [0.29, 0.717) is 26.2 Å². The van der Waals surface area contributed by atoms with Crippen LogP contribution in [0.4, 0.5) is 0 Å². The number of aromatic nitrogens is 2. The molecule has 1 amide bonds. The maximum atomic E-state index is 12.6. The van der Waals surface area contributed by atoms with Gasteiger partial charge < -0.3 is 4.90 Å². The molecule has 4 rings (SSSR count). The van der Waals surface area contributed by atoms with Crippen LogP contribution in [0.3, 0.4) is 0 Å². The summed E-state index contributed by atoms with van der Waals surface area (Å²) in [7, 11) is -3.51. The number of hydrogen-bond donors (Lipinski definition) is 0. The molecule has 1 aromatic carbocycles. The first kappa shape index (κ1) is 21.0. The van der Waals surface area contributed by atoms with Crippen molar-refractivity contribution < 1.29 is 13.2 Å². The smallest absolute Gasteiger partial charge is 0.236 e. The maximum Gasteiger partial charge on any atom is 0.236 e. The summed E-state index contributed by atoms with van der Waals surface area (Å²) in [6.45, 7) is 1.35. The van der Waals surface area contributed by atoms with Gasteiger partial charge in [-0.15, -0.1) is 11.3 Å². The lowest BCUT2D eigenvalue weighted by atomic mass is 10.2. The van der Waals surface area contributed by atoms with E-state index in [9.17, 15) is 13.2 Å². The van der Waals surface area contributed by atoms with Gasteiger partial charge in [-0.2, -0.15) is 4.31 Å². The van der Waals surface area contributed by atoms with Crippen molar-refractivity contribution >= 4 is 55.3 Å². The first-order chi connectivity index (χ1) is 14.5. The molecule has 30 heavy (non-hydrogen) atoms. The number of nitrogens with zero attached hydrogens (tertiary/aromatic N) is 4. The van der Waals surface area contributed by atoms with Crippen LogP contribution in [0.2, 0.25) is 0 Å². The molecule has 0 radical (unpaired) electrons. The lowest BCUT2D eigenvalue weighted by Gasteiger charge is -2.33. The van der Waals surface area contributed by atoms with E-state index >= 15 is 0 Å². The molecule has 0 aliphatic carbocycles. The zero-order valence-electron chi connectivity index (χ0n) is 16.0. The van der Waals surface area contributed by atoms with Crippen LogP contribution in [0.15, 0.2) is 58.5 Å². The zero-order chi connectivity index (χ0) is 21.0. The largest absolute Gasteiger partial charge is 0.339 e. The van der Waals surface area contributed by atoms with E-state index < -0.39 is 10.0 Å². The van der Waals surface area contributed by atoms with Gasteiger partial charge in [-0.05, 0) is 23.1 Å². The third-order valence-electron chi connectivity index (χ3n) is 4.73. The average molecular weight is 461 g/mol. The number of sulfonamides is 1. The Balaban J connectivity index is 1.31. The summed E-state index contributed by atoms with van der Waals surface area (Å²) in [5, 5.41) is 3.99. The summed E-state index contributed by atoms with van der Waals surface area (Å²) < 4.78 is 27.5. The van der Waals surface area contributed by atoms with Gasteiger partial charge in [0.15, 0.2) is 0 Å². The Morgan fingerprint density at radius 3 is 2.63 bits per heavy atom. The van der Waals surface area contributed by atoms with Gasteiger partial charge in [0, 0.05) is 31.6 Å². The number of hydrogen-bond acceptors (Lipinski definition) is 7. The van der Waals surface area contributed by atoms with E-state index in [2.05, 4.69) is 9.97 Å². The number of piperazine rings is 1. The third-order valence-corrected chi connectivity index (χ3v) is 8.30. The summed E-state index contributed by atoms with van der Waals surface area (Å²) in [5.74, 6) is 0.255. The minimum Gasteiger partial charge on any atom is -0.339 e. The van der Waals surface area contributed by atoms with Gasteiger partial charge in [-0.1, -0.05) is 42.1 Å². The lowest BCUT2D eigenvalue weighted by molar-refractivity contribution is -0.129. The topological polar surface area (TPSA) is 83.5 Å². The fourth-order valence-electron chi connectivity index (χ4n) is 3.10. The lowest BCUT2D eigenvalue weighted by Crippen LogP contribution is -2.50. The van der Waals surface area contributed by atoms with E-state index in [1.54, 1.807) is 22.3 Å². The quantitative estimate of drug-likeness (QED) is 0.415. The second kappa shape index (κ2) is 9.25. The molecule has 0 N–H and O–H groups in total. The highest BCUT2D eigenvalue weighted by atomic mass is 32.2. The Morgan fingerprint density at radius 2 is 1.87 bits per heavy atom. The molecule has 0 spiro atoms.